The molecule has 0 atom stereocenters. The van der Waals surface area contributed by atoms with Crippen LogP contribution in [0.15, 0.2) is 28.0 Å². The summed E-state index contributed by atoms with van der Waals surface area (Å²) >= 11 is 0. The van der Waals surface area contributed by atoms with Crippen LogP contribution >= 0.6 is 0 Å². The molecule has 2 N–H and O–H groups in total. The number of carbonyl (C=O) groups excluding carboxylic acids is 1. The van der Waals surface area contributed by atoms with E-state index in [1.165, 1.54) is 76.8 Å². The minimum atomic E-state index is -4.76. The van der Waals surface area contributed by atoms with Crippen LogP contribution in [0.2, 0.25) is 0 Å². The second-order valence-electron chi connectivity index (χ2n) is 8.70. The maximum atomic E-state index is 12.9. The predicted molar refractivity (Wildman–Crippen MR) is 133 cm³/mol. The normalized spacial score (nSPS) is 12.1. The van der Waals surface area contributed by atoms with Gasteiger partial charge in [-0.25, -0.2) is 8.42 Å². The number of unbranched alkanes of at least 4 members (excludes halogenated alkanes) is 13. The van der Waals surface area contributed by atoms with Crippen molar-refractivity contribution < 1.29 is 26.2 Å². The van der Waals surface area contributed by atoms with E-state index in [1.54, 1.807) is 0 Å². The lowest BCUT2D eigenvalue weighted by Crippen LogP contribution is -2.17. The lowest BCUT2D eigenvalue weighted by atomic mass is 10.0. The van der Waals surface area contributed by atoms with Crippen LogP contribution in [0.5, 0.6) is 0 Å². The topological polar surface area (TPSA) is 118 Å². The monoisotopic (exact) mass is 503 g/mol. The lowest BCUT2D eigenvalue weighted by molar-refractivity contribution is -0.114. The van der Waals surface area contributed by atoms with Crippen molar-refractivity contribution in [2.45, 2.75) is 114 Å². The zero-order valence-corrected chi connectivity index (χ0v) is 21.8. The molecule has 0 radical (unpaired) electrons. The Balaban J connectivity index is 2.42. The minimum absolute atomic E-state index is 0.136. The largest absolute Gasteiger partial charge is 0.325 e. The number of sulfone groups is 1. The average Bonchev–Trinajstić information content (AvgIpc) is 2.72. The van der Waals surface area contributed by atoms with E-state index in [9.17, 15) is 26.2 Å². The molecule has 0 bridgehead atoms. The van der Waals surface area contributed by atoms with Crippen molar-refractivity contribution in [3.63, 3.8) is 0 Å². The van der Waals surface area contributed by atoms with Crippen molar-refractivity contribution in [3.05, 3.63) is 18.2 Å². The van der Waals surface area contributed by atoms with Gasteiger partial charge in [-0.1, -0.05) is 96.5 Å². The molecule has 1 aromatic rings. The first-order valence-electron chi connectivity index (χ1n) is 12.2. The fourth-order valence-electron chi connectivity index (χ4n) is 3.92. The Bertz CT molecular complexity index is 926. The Labute approximate surface area is 200 Å². The summed E-state index contributed by atoms with van der Waals surface area (Å²) in [6.07, 6.45) is 15.9. The molecule has 7 nitrogen and oxygen atoms in total. The molecule has 0 aromatic heterocycles. The number of benzene rings is 1. The first-order chi connectivity index (χ1) is 15.6. The lowest BCUT2D eigenvalue weighted by Gasteiger charge is -2.14. The summed E-state index contributed by atoms with van der Waals surface area (Å²) in [5.74, 6) is -0.778. The molecule has 0 saturated carbocycles. The highest BCUT2D eigenvalue weighted by atomic mass is 32.2. The van der Waals surface area contributed by atoms with Crippen molar-refractivity contribution in [3.8, 4) is 0 Å². The molecular weight excluding hydrogens is 462 g/mol. The van der Waals surface area contributed by atoms with Gasteiger partial charge in [-0.15, -0.1) is 0 Å². The molecule has 0 aliphatic heterocycles. The first kappa shape index (κ1) is 29.6. The quantitative estimate of drug-likeness (QED) is 0.183. The van der Waals surface area contributed by atoms with Crippen molar-refractivity contribution in [2.75, 3.05) is 11.1 Å². The van der Waals surface area contributed by atoms with E-state index in [0.717, 1.165) is 31.7 Å². The highest BCUT2D eigenvalue weighted by Crippen LogP contribution is 2.30. The maximum Gasteiger partial charge on any atom is 0.295 e. The van der Waals surface area contributed by atoms with E-state index in [4.69, 9.17) is 0 Å². The third-order valence-electron chi connectivity index (χ3n) is 5.65. The van der Waals surface area contributed by atoms with Crippen LogP contribution in [-0.2, 0) is 24.7 Å². The van der Waals surface area contributed by atoms with Gasteiger partial charge >= 0.3 is 0 Å². The van der Waals surface area contributed by atoms with Gasteiger partial charge in [0.2, 0.25) is 5.91 Å². The van der Waals surface area contributed by atoms with Gasteiger partial charge in [0.25, 0.3) is 10.1 Å². The molecule has 33 heavy (non-hydrogen) atoms. The van der Waals surface area contributed by atoms with Gasteiger partial charge in [0.05, 0.1) is 11.4 Å². The molecule has 0 fully saturated rings. The van der Waals surface area contributed by atoms with Gasteiger partial charge in [-0.2, -0.15) is 8.42 Å². The van der Waals surface area contributed by atoms with E-state index in [1.807, 2.05) is 0 Å². The number of carbonyl (C=O) groups is 1. The average molecular weight is 504 g/mol. The Hall–Kier alpha value is -1.45. The minimum Gasteiger partial charge on any atom is -0.325 e. The number of hydrogen-bond acceptors (Lipinski definition) is 5. The predicted octanol–water partition coefficient (Wildman–Crippen LogP) is 6.15. The Morgan fingerprint density at radius 2 is 1.24 bits per heavy atom. The van der Waals surface area contributed by atoms with E-state index < -0.39 is 35.7 Å². The summed E-state index contributed by atoms with van der Waals surface area (Å²) < 4.78 is 58.7. The van der Waals surface area contributed by atoms with Crippen LogP contribution in [0, 0.1) is 0 Å². The van der Waals surface area contributed by atoms with E-state index in [2.05, 4.69) is 12.2 Å². The summed E-state index contributed by atoms with van der Waals surface area (Å²) in [6, 6.07) is 3.62. The van der Waals surface area contributed by atoms with Gasteiger partial charge in [0, 0.05) is 6.92 Å². The molecule has 0 spiro atoms. The molecule has 0 aliphatic carbocycles. The maximum absolute atomic E-state index is 12.9. The van der Waals surface area contributed by atoms with Crippen molar-refractivity contribution in [1.29, 1.82) is 0 Å². The second kappa shape index (κ2) is 15.5. The van der Waals surface area contributed by atoms with Crippen LogP contribution in [0.4, 0.5) is 5.69 Å². The molecule has 1 amide bonds. The molecular formula is C24H41NO6S2. The SMILES string of the molecule is CCCCCCCCCCCCCCCCS(=O)(=O)c1c(NC(C)=O)cccc1S(=O)(=O)O. The highest BCUT2D eigenvalue weighted by molar-refractivity contribution is 7.93. The van der Waals surface area contributed by atoms with Crippen LogP contribution < -0.4 is 5.32 Å². The Morgan fingerprint density at radius 1 is 0.788 bits per heavy atom. The zero-order valence-electron chi connectivity index (χ0n) is 20.1. The van der Waals surface area contributed by atoms with Gasteiger partial charge in [-0.3, -0.25) is 9.35 Å². The van der Waals surface area contributed by atoms with Crippen molar-refractivity contribution in [2.24, 2.45) is 0 Å². The fourth-order valence-corrected chi connectivity index (χ4v) is 6.83. The molecule has 1 aromatic carbocycles. The molecule has 0 aliphatic rings. The van der Waals surface area contributed by atoms with Crippen molar-refractivity contribution >= 4 is 31.5 Å². The Morgan fingerprint density at radius 3 is 1.67 bits per heavy atom. The number of nitrogens with one attached hydrogen (secondary N) is 1. The van der Waals surface area contributed by atoms with E-state index in [-0.39, 0.29) is 11.4 Å². The molecule has 190 valence electrons. The van der Waals surface area contributed by atoms with Crippen molar-refractivity contribution in [1.82, 2.24) is 0 Å². The molecule has 1 rings (SSSR count). The number of amides is 1. The fraction of sp³-hybridized carbons (Fsp3) is 0.708. The summed E-state index contributed by atoms with van der Waals surface area (Å²) in [5.41, 5.74) is -0.136. The van der Waals surface area contributed by atoms with Gasteiger partial charge in [0.15, 0.2) is 9.84 Å². The summed E-state index contributed by atoms with van der Waals surface area (Å²) in [4.78, 5) is 10.2. The third kappa shape index (κ3) is 12.0. The van der Waals surface area contributed by atoms with E-state index >= 15 is 0 Å². The number of rotatable bonds is 18. The first-order valence-corrected chi connectivity index (χ1v) is 15.3. The van der Waals surface area contributed by atoms with Gasteiger partial charge in [0.1, 0.15) is 9.79 Å². The van der Waals surface area contributed by atoms with Gasteiger partial charge in [-0.05, 0) is 18.6 Å². The molecule has 0 unspecified atom stereocenters. The highest BCUT2D eigenvalue weighted by Gasteiger charge is 2.28. The third-order valence-corrected chi connectivity index (χ3v) is 8.56. The standard InChI is InChI=1S/C24H41NO6S2/c1-3-4-5-6-7-8-9-10-11-12-13-14-15-16-20-32(27,28)24-22(25-21(2)26)18-17-19-23(24)33(29,30)31/h17-19H,3-16,20H2,1-2H3,(H,25,26)(H,29,30,31). The zero-order chi connectivity index (χ0) is 24.7. The number of anilines is 1. The Kier molecular flexibility index (Phi) is 13.9. The van der Waals surface area contributed by atoms with Crippen LogP contribution in [0.25, 0.3) is 0 Å². The summed E-state index contributed by atoms with van der Waals surface area (Å²) in [5, 5.41) is 2.35. The number of hydrogen-bond donors (Lipinski definition) is 2. The smallest absolute Gasteiger partial charge is 0.295 e. The summed E-state index contributed by atoms with van der Waals surface area (Å²) in [6.45, 7) is 3.43. The summed E-state index contributed by atoms with van der Waals surface area (Å²) in [7, 11) is -8.78. The molecule has 9 heteroatoms. The van der Waals surface area contributed by atoms with Gasteiger partial charge < -0.3 is 5.32 Å². The van der Waals surface area contributed by atoms with Crippen LogP contribution in [-0.4, -0.2) is 33.0 Å². The van der Waals surface area contributed by atoms with E-state index in [0.29, 0.717) is 6.42 Å². The molecule has 0 heterocycles. The van der Waals surface area contributed by atoms with Crippen LogP contribution in [0.1, 0.15) is 104 Å². The van der Waals surface area contributed by atoms with Crippen LogP contribution in [0.3, 0.4) is 0 Å². The second-order valence-corrected chi connectivity index (χ2v) is 12.1. The molecule has 0 saturated heterocycles.